The van der Waals surface area contributed by atoms with Crippen molar-refractivity contribution >= 4 is 23.4 Å². The largest absolute Gasteiger partial charge is 0.482 e. The van der Waals surface area contributed by atoms with E-state index in [0.717, 1.165) is 17.5 Å². The SMILES string of the molecule is CC[C@@H](C)NC(=O)[C@@H](Cc1ccccc1)N(Cc1ccccc1)C(=O)COc1ccccc1Cl. The average Bonchev–Trinajstić information content (AvgIpc) is 2.86. The maximum Gasteiger partial charge on any atom is 0.261 e. The molecule has 0 saturated carbocycles. The van der Waals surface area contributed by atoms with Gasteiger partial charge in [0.15, 0.2) is 6.61 Å². The fraction of sp³-hybridized carbons (Fsp3) is 0.286. The van der Waals surface area contributed by atoms with Gasteiger partial charge in [-0.05, 0) is 36.6 Å². The van der Waals surface area contributed by atoms with Crippen LogP contribution in [-0.2, 0) is 22.6 Å². The molecular weight excluding hydrogens is 448 g/mol. The highest BCUT2D eigenvalue weighted by Crippen LogP contribution is 2.23. The van der Waals surface area contributed by atoms with Crippen molar-refractivity contribution in [2.45, 2.75) is 45.3 Å². The van der Waals surface area contributed by atoms with Gasteiger partial charge in [-0.2, -0.15) is 0 Å². The van der Waals surface area contributed by atoms with Crippen molar-refractivity contribution in [2.24, 2.45) is 0 Å². The monoisotopic (exact) mass is 478 g/mol. The Hall–Kier alpha value is -3.31. The molecule has 0 aromatic heterocycles. The number of benzene rings is 3. The van der Waals surface area contributed by atoms with Gasteiger partial charge in [-0.3, -0.25) is 9.59 Å². The standard InChI is InChI=1S/C28H31ClN2O3/c1-3-21(2)30-28(33)25(18-22-12-6-4-7-13-22)31(19-23-14-8-5-9-15-23)27(32)20-34-26-17-11-10-16-24(26)29/h4-17,21,25H,3,18-20H2,1-2H3,(H,30,33)/t21-,25-/m1/s1. The first kappa shape index (κ1) is 25.3. The molecule has 0 unspecified atom stereocenters. The summed E-state index contributed by atoms with van der Waals surface area (Å²) in [5.41, 5.74) is 1.91. The molecule has 2 amide bonds. The molecule has 0 aliphatic carbocycles. The maximum atomic E-state index is 13.5. The Morgan fingerprint density at radius 2 is 1.50 bits per heavy atom. The van der Waals surface area contributed by atoms with E-state index >= 15 is 0 Å². The fourth-order valence-electron chi connectivity index (χ4n) is 3.56. The molecule has 2 atom stereocenters. The minimum atomic E-state index is -0.695. The van der Waals surface area contributed by atoms with Gasteiger partial charge in [-0.25, -0.2) is 0 Å². The lowest BCUT2D eigenvalue weighted by Crippen LogP contribution is -2.53. The van der Waals surface area contributed by atoms with Crippen LogP contribution in [0.25, 0.3) is 0 Å². The van der Waals surface area contributed by atoms with Gasteiger partial charge in [-0.15, -0.1) is 0 Å². The number of nitrogens with one attached hydrogen (secondary N) is 1. The number of hydrogen-bond acceptors (Lipinski definition) is 3. The van der Waals surface area contributed by atoms with Crippen LogP contribution in [-0.4, -0.2) is 35.4 Å². The van der Waals surface area contributed by atoms with Crippen LogP contribution < -0.4 is 10.1 Å². The third kappa shape index (κ3) is 7.35. The molecule has 1 N–H and O–H groups in total. The van der Waals surface area contributed by atoms with E-state index in [0.29, 0.717) is 17.2 Å². The lowest BCUT2D eigenvalue weighted by molar-refractivity contribution is -0.143. The zero-order valence-electron chi connectivity index (χ0n) is 19.6. The number of carbonyl (C=O) groups excluding carboxylic acids is 2. The third-order valence-corrected chi connectivity index (χ3v) is 5.97. The molecule has 6 heteroatoms. The molecule has 0 aliphatic rings. The first-order valence-corrected chi connectivity index (χ1v) is 11.9. The summed E-state index contributed by atoms with van der Waals surface area (Å²) in [7, 11) is 0. The van der Waals surface area contributed by atoms with Crippen LogP contribution in [0.3, 0.4) is 0 Å². The Kier molecular flexibility index (Phi) is 9.53. The summed E-state index contributed by atoms with van der Waals surface area (Å²) in [5, 5.41) is 3.49. The molecule has 0 fully saturated rings. The van der Waals surface area contributed by atoms with Crippen LogP contribution in [0.15, 0.2) is 84.9 Å². The molecular formula is C28H31ClN2O3. The summed E-state index contributed by atoms with van der Waals surface area (Å²) in [4.78, 5) is 28.5. The Bertz CT molecular complexity index is 1060. The van der Waals surface area contributed by atoms with Gasteiger partial charge in [0.2, 0.25) is 5.91 Å². The van der Waals surface area contributed by atoms with Crippen LogP contribution in [0.2, 0.25) is 5.02 Å². The number of hydrogen-bond donors (Lipinski definition) is 1. The zero-order valence-corrected chi connectivity index (χ0v) is 20.4. The van der Waals surface area contributed by atoms with Crippen LogP contribution in [0.4, 0.5) is 0 Å². The highest BCUT2D eigenvalue weighted by atomic mass is 35.5. The summed E-state index contributed by atoms with van der Waals surface area (Å²) in [6.07, 6.45) is 1.19. The molecule has 34 heavy (non-hydrogen) atoms. The number of para-hydroxylation sites is 1. The number of carbonyl (C=O) groups is 2. The summed E-state index contributed by atoms with van der Waals surface area (Å²) in [6.45, 7) is 4.04. The van der Waals surface area contributed by atoms with E-state index in [1.165, 1.54) is 0 Å². The maximum absolute atomic E-state index is 13.5. The van der Waals surface area contributed by atoms with E-state index in [4.69, 9.17) is 16.3 Å². The second-order valence-corrected chi connectivity index (χ2v) is 8.66. The quantitative estimate of drug-likeness (QED) is 0.408. The molecule has 0 radical (unpaired) electrons. The number of nitrogens with zero attached hydrogens (tertiary/aromatic N) is 1. The first-order chi connectivity index (χ1) is 16.5. The van der Waals surface area contributed by atoms with Gasteiger partial charge in [0.25, 0.3) is 5.91 Å². The van der Waals surface area contributed by atoms with E-state index in [-0.39, 0.29) is 31.0 Å². The second kappa shape index (κ2) is 12.8. The normalized spacial score (nSPS) is 12.4. The van der Waals surface area contributed by atoms with E-state index in [2.05, 4.69) is 5.32 Å². The van der Waals surface area contributed by atoms with Gasteiger partial charge in [-0.1, -0.05) is 91.3 Å². The second-order valence-electron chi connectivity index (χ2n) is 8.25. The highest BCUT2D eigenvalue weighted by Gasteiger charge is 2.31. The molecule has 0 aliphatic heterocycles. The Morgan fingerprint density at radius 1 is 0.912 bits per heavy atom. The van der Waals surface area contributed by atoms with Crippen molar-refractivity contribution in [3.05, 3.63) is 101 Å². The Balaban J connectivity index is 1.90. The lowest BCUT2D eigenvalue weighted by Gasteiger charge is -2.32. The van der Waals surface area contributed by atoms with Crippen molar-refractivity contribution in [1.29, 1.82) is 0 Å². The average molecular weight is 479 g/mol. The molecule has 5 nitrogen and oxygen atoms in total. The van der Waals surface area contributed by atoms with Gasteiger partial charge < -0.3 is 15.0 Å². The van der Waals surface area contributed by atoms with Crippen molar-refractivity contribution in [3.63, 3.8) is 0 Å². The summed E-state index contributed by atoms with van der Waals surface area (Å²) < 4.78 is 5.74. The smallest absolute Gasteiger partial charge is 0.261 e. The van der Waals surface area contributed by atoms with Crippen LogP contribution in [0, 0.1) is 0 Å². The minimum absolute atomic E-state index is 0.00109. The fourth-order valence-corrected chi connectivity index (χ4v) is 3.75. The van der Waals surface area contributed by atoms with E-state index < -0.39 is 6.04 Å². The van der Waals surface area contributed by atoms with E-state index in [1.54, 1.807) is 29.2 Å². The number of ether oxygens (including phenoxy) is 1. The lowest BCUT2D eigenvalue weighted by atomic mass is 10.0. The van der Waals surface area contributed by atoms with Crippen molar-refractivity contribution < 1.29 is 14.3 Å². The van der Waals surface area contributed by atoms with Crippen LogP contribution in [0.1, 0.15) is 31.4 Å². The first-order valence-electron chi connectivity index (χ1n) is 11.5. The minimum Gasteiger partial charge on any atom is -0.482 e. The molecule has 0 spiro atoms. The van der Waals surface area contributed by atoms with Crippen molar-refractivity contribution in [1.82, 2.24) is 10.2 Å². The predicted octanol–water partition coefficient (Wildman–Crippen LogP) is 5.27. The van der Waals surface area contributed by atoms with Gasteiger partial charge >= 0.3 is 0 Å². The predicted molar refractivity (Wildman–Crippen MR) is 136 cm³/mol. The van der Waals surface area contributed by atoms with E-state index in [9.17, 15) is 9.59 Å². The van der Waals surface area contributed by atoms with Gasteiger partial charge in [0.1, 0.15) is 11.8 Å². The topological polar surface area (TPSA) is 58.6 Å². The van der Waals surface area contributed by atoms with E-state index in [1.807, 2.05) is 74.5 Å². The Morgan fingerprint density at radius 3 is 2.12 bits per heavy atom. The van der Waals surface area contributed by atoms with Gasteiger partial charge in [0.05, 0.1) is 5.02 Å². The summed E-state index contributed by atoms with van der Waals surface area (Å²) >= 11 is 6.20. The molecule has 0 bridgehead atoms. The molecule has 0 saturated heterocycles. The van der Waals surface area contributed by atoms with Gasteiger partial charge in [0, 0.05) is 19.0 Å². The third-order valence-electron chi connectivity index (χ3n) is 5.66. The summed E-state index contributed by atoms with van der Waals surface area (Å²) in [6, 6.07) is 25.7. The zero-order chi connectivity index (χ0) is 24.3. The molecule has 3 aromatic rings. The summed E-state index contributed by atoms with van der Waals surface area (Å²) in [5.74, 6) is -0.0370. The van der Waals surface area contributed by atoms with Crippen LogP contribution >= 0.6 is 11.6 Å². The molecule has 3 rings (SSSR count). The van der Waals surface area contributed by atoms with Crippen LogP contribution in [0.5, 0.6) is 5.75 Å². The molecule has 0 heterocycles. The van der Waals surface area contributed by atoms with Crippen molar-refractivity contribution in [3.8, 4) is 5.75 Å². The van der Waals surface area contributed by atoms with Crippen molar-refractivity contribution in [2.75, 3.05) is 6.61 Å². The number of amides is 2. The number of rotatable bonds is 11. The molecule has 3 aromatic carbocycles. The highest BCUT2D eigenvalue weighted by molar-refractivity contribution is 6.32. The Labute approximate surface area is 206 Å². The molecule has 178 valence electrons. The number of halogens is 1.